The van der Waals surface area contributed by atoms with Gasteiger partial charge in [-0.15, -0.1) is 11.6 Å². The Morgan fingerprint density at radius 3 is 2.53 bits per heavy atom. The van der Waals surface area contributed by atoms with Crippen LogP contribution in [0.15, 0.2) is 27.1 Å². The van der Waals surface area contributed by atoms with Gasteiger partial charge in [0.25, 0.3) is 5.91 Å². The smallest absolute Gasteiger partial charge is 0.255 e. The van der Waals surface area contributed by atoms with Crippen LogP contribution in [0.2, 0.25) is 0 Å². The molecule has 2 nitrogen and oxygen atoms in total. The Morgan fingerprint density at radius 2 is 1.94 bits per heavy atom. The predicted molar refractivity (Wildman–Crippen MR) is 76.6 cm³/mol. The number of hydrogen-bond donors (Lipinski definition) is 0. The maximum Gasteiger partial charge on any atom is 0.255 e. The van der Waals surface area contributed by atoms with Crippen LogP contribution < -0.4 is 0 Å². The third-order valence-corrected chi connectivity index (χ3v) is 4.46. The average Bonchev–Trinajstić information content (AvgIpc) is 2.29. The van der Waals surface area contributed by atoms with Crippen LogP contribution in [-0.2, 0) is 0 Å². The van der Waals surface area contributed by atoms with Gasteiger partial charge in [-0.2, -0.15) is 0 Å². The van der Waals surface area contributed by atoms with E-state index in [4.69, 9.17) is 11.6 Å². The SMILES string of the molecule is O=C(c1ccc(Br)cc1Br)N1CCC(Cl)CC1. The number of carbonyl (C=O) groups excluding carboxylic acids is 1. The molecule has 0 unspecified atom stereocenters. The van der Waals surface area contributed by atoms with Crippen LogP contribution >= 0.6 is 43.5 Å². The molecule has 0 saturated carbocycles. The lowest BCUT2D eigenvalue weighted by Gasteiger charge is -2.29. The summed E-state index contributed by atoms with van der Waals surface area (Å²) in [6.07, 6.45) is 1.75. The van der Waals surface area contributed by atoms with Crippen LogP contribution in [0.3, 0.4) is 0 Å². The van der Waals surface area contributed by atoms with E-state index in [1.54, 1.807) is 0 Å². The summed E-state index contributed by atoms with van der Waals surface area (Å²) in [5, 5.41) is 0.215. The summed E-state index contributed by atoms with van der Waals surface area (Å²) in [5.41, 5.74) is 0.709. The molecule has 1 aliphatic rings. The fraction of sp³-hybridized carbons (Fsp3) is 0.417. The molecular weight excluding hydrogens is 369 g/mol. The first-order valence-electron chi connectivity index (χ1n) is 5.46. The lowest BCUT2D eigenvalue weighted by molar-refractivity contribution is 0.0725. The van der Waals surface area contributed by atoms with Crippen molar-refractivity contribution in [3.05, 3.63) is 32.7 Å². The van der Waals surface area contributed by atoms with Gasteiger partial charge in [-0.05, 0) is 47.0 Å². The third kappa shape index (κ3) is 3.24. The monoisotopic (exact) mass is 379 g/mol. The zero-order valence-corrected chi connectivity index (χ0v) is 13.1. The molecule has 92 valence electrons. The second-order valence-corrected chi connectivity index (χ2v) is 6.48. The number of likely N-dealkylation sites (tertiary alicyclic amines) is 1. The van der Waals surface area contributed by atoms with E-state index >= 15 is 0 Å². The highest BCUT2D eigenvalue weighted by Crippen LogP contribution is 2.25. The third-order valence-electron chi connectivity index (χ3n) is 2.87. The van der Waals surface area contributed by atoms with Crippen molar-refractivity contribution in [3.8, 4) is 0 Å². The molecule has 1 fully saturated rings. The van der Waals surface area contributed by atoms with Crippen molar-refractivity contribution in [2.24, 2.45) is 0 Å². The van der Waals surface area contributed by atoms with Crippen molar-refractivity contribution in [1.29, 1.82) is 0 Å². The normalized spacial score (nSPS) is 17.2. The number of carbonyl (C=O) groups is 1. The summed E-state index contributed by atoms with van der Waals surface area (Å²) in [6, 6.07) is 5.61. The molecule has 0 atom stereocenters. The number of piperidine rings is 1. The summed E-state index contributed by atoms with van der Waals surface area (Å²) < 4.78 is 1.78. The second-order valence-electron chi connectivity index (χ2n) is 4.09. The van der Waals surface area contributed by atoms with Gasteiger partial charge in [0.1, 0.15) is 0 Å². The first kappa shape index (κ1) is 13.4. The number of nitrogens with zero attached hydrogens (tertiary/aromatic N) is 1. The molecule has 5 heteroatoms. The van der Waals surface area contributed by atoms with E-state index in [0.717, 1.165) is 34.9 Å². The number of halogens is 3. The lowest BCUT2D eigenvalue weighted by atomic mass is 10.1. The molecule has 1 amide bonds. The summed E-state index contributed by atoms with van der Waals surface area (Å²) in [4.78, 5) is 14.1. The van der Waals surface area contributed by atoms with Gasteiger partial charge in [0.2, 0.25) is 0 Å². The quantitative estimate of drug-likeness (QED) is 0.672. The van der Waals surface area contributed by atoms with E-state index < -0.39 is 0 Å². The zero-order chi connectivity index (χ0) is 12.4. The van der Waals surface area contributed by atoms with Crippen LogP contribution in [0.1, 0.15) is 23.2 Å². The number of alkyl halides is 1. The fourth-order valence-electron chi connectivity index (χ4n) is 1.88. The van der Waals surface area contributed by atoms with E-state index in [1.807, 2.05) is 23.1 Å². The van der Waals surface area contributed by atoms with E-state index in [0.29, 0.717) is 5.56 Å². The molecule has 0 N–H and O–H groups in total. The van der Waals surface area contributed by atoms with Gasteiger partial charge >= 0.3 is 0 Å². The van der Waals surface area contributed by atoms with Gasteiger partial charge in [0, 0.05) is 27.4 Å². The predicted octanol–water partition coefficient (Wildman–Crippen LogP) is 4.06. The van der Waals surface area contributed by atoms with Gasteiger partial charge in [-0.25, -0.2) is 0 Å². The fourth-order valence-corrected chi connectivity index (χ4v) is 3.30. The van der Waals surface area contributed by atoms with Crippen molar-refractivity contribution in [2.45, 2.75) is 18.2 Å². The minimum absolute atomic E-state index is 0.0768. The molecule has 2 rings (SSSR count). The maximum absolute atomic E-state index is 12.3. The van der Waals surface area contributed by atoms with Crippen molar-refractivity contribution in [1.82, 2.24) is 4.90 Å². The minimum Gasteiger partial charge on any atom is -0.339 e. The average molecular weight is 381 g/mol. The number of hydrogen-bond acceptors (Lipinski definition) is 1. The van der Waals surface area contributed by atoms with Crippen molar-refractivity contribution < 1.29 is 4.79 Å². The number of rotatable bonds is 1. The minimum atomic E-state index is 0.0768. The topological polar surface area (TPSA) is 20.3 Å². The number of benzene rings is 1. The summed E-state index contributed by atoms with van der Waals surface area (Å²) in [7, 11) is 0. The van der Waals surface area contributed by atoms with Gasteiger partial charge in [-0.3, -0.25) is 4.79 Å². The van der Waals surface area contributed by atoms with E-state index in [-0.39, 0.29) is 11.3 Å². The molecule has 1 aromatic rings. The maximum atomic E-state index is 12.3. The highest BCUT2D eigenvalue weighted by atomic mass is 79.9. The summed E-state index contributed by atoms with van der Waals surface area (Å²) in [5.74, 6) is 0.0768. The number of amides is 1. The molecule has 0 radical (unpaired) electrons. The van der Waals surface area contributed by atoms with Crippen LogP contribution in [0.4, 0.5) is 0 Å². The molecule has 0 aromatic heterocycles. The molecule has 1 saturated heterocycles. The Bertz CT molecular complexity index is 431. The Kier molecular flexibility index (Phi) is 4.50. The first-order chi connectivity index (χ1) is 8.08. The second kappa shape index (κ2) is 5.72. The van der Waals surface area contributed by atoms with Gasteiger partial charge in [0.15, 0.2) is 0 Å². The van der Waals surface area contributed by atoms with Crippen molar-refractivity contribution in [3.63, 3.8) is 0 Å². The molecule has 1 aromatic carbocycles. The lowest BCUT2D eigenvalue weighted by Crippen LogP contribution is -2.38. The van der Waals surface area contributed by atoms with Crippen molar-refractivity contribution >= 4 is 49.4 Å². The van der Waals surface area contributed by atoms with Crippen LogP contribution in [-0.4, -0.2) is 29.3 Å². The van der Waals surface area contributed by atoms with E-state index in [9.17, 15) is 4.79 Å². The zero-order valence-electron chi connectivity index (χ0n) is 9.13. The van der Waals surface area contributed by atoms with Gasteiger partial charge < -0.3 is 4.90 Å². The first-order valence-corrected chi connectivity index (χ1v) is 7.48. The Morgan fingerprint density at radius 1 is 1.29 bits per heavy atom. The summed E-state index contributed by atoms with van der Waals surface area (Å²) in [6.45, 7) is 1.49. The highest BCUT2D eigenvalue weighted by molar-refractivity contribution is 9.11. The van der Waals surface area contributed by atoms with Crippen LogP contribution in [0, 0.1) is 0 Å². The van der Waals surface area contributed by atoms with Crippen molar-refractivity contribution in [2.75, 3.05) is 13.1 Å². The largest absolute Gasteiger partial charge is 0.339 e. The Hall–Kier alpha value is -0.0600. The van der Waals surface area contributed by atoms with E-state index in [2.05, 4.69) is 31.9 Å². The van der Waals surface area contributed by atoms with Gasteiger partial charge in [0.05, 0.1) is 5.56 Å². The van der Waals surface area contributed by atoms with Gasteiger partial charge in [-0.1, -0.05) is 15.9 Å². The molecule has 1 heterocycles. The van der Waals surface area contributed by atoms with Crippen LogP contribution in [0.5, 0.6) is 0 Å². The highest BCUT2D eigenvalue weighted by Gasteiger charge is 2.23. The Labute approximate surface area is 123 Å². The molecule has 0 spiro atoms. The summed E-state index contributed by atoms with van der Waals surface area (Å²) >= 11 is 12.8. The molecular formula is C12H12Br2ClNO. The van der Waals surface area contributed by atoms with E-state index in [1.165, 1.54) is 0 Å². The molecule has 1 aliphatic heterocycles. The molecule has 0 aliphatic carbocycles. The standard InChI is InChI=1S/C12H12Br2ClNO/c13-8-1-2-10(11(14)7-8)12(17)16-5-3-9(15)4-6-16/h1-2,7,9H,3-6H2. The van der Waals surface area contributed by atoms with Crippen LogP contribution in [0.25, 0.3) is 0 Å². The molecule has 0 bridgehead atoms. The Balaban J connectivity index is 2.14. The molecule has 17 heavy (non-hydrogen) atoms.